The van der Waals surface area contributed by atoms with Crippen molar-refractivity contribution in [2.75, 3.05) is 14.2 Å². The predicted octanol–water partition coefficient (Wildman–Crippen LogP) is 2.29. The van der Waals surface area contributed by atoms with Gasteiger partial charge in [0.1, 0.15) is 11.8 Å². The molecule has 1 atom stereocenters. The topological polar surface area (TPSA) is 72.9 Å². The number of amides is 2. The molecule has 0 unspecified atom stereocenters. The van der Waals surface area contributed by atoms with E-state index in [1.165, 1.54) is 21.1 Å². The highest BCUT2D eigenvalue weighted by Crippen LogP contribution is 2.35. The van der Waals surface area contributed by atoms with E-state index in [1.807, 2.05) is 0 Å². The van der Waals surface area contributed by atoms with Gasteiger partial charge in [-0.05, 0) is 30.8 Å². The van der Waals surface area contributed by atoms with E-state index in [-0.39, 0.29) is 4.91 Å². The molecule has 116 valence electrons. The minimum Gasteiger partial charge on any atom is -0.496 e. The van der Waals surface area contributed by atoms with Gasteiger partial charge in [0.2, 0.25) is 0 Å². The Labute approximate surface area is 132 Å². The van der Waals surface area contributed by atoms with E-state index >= 15 is 0 Å². The van der Waals surface area contributed by atoms with Crippen LogP contribution in [-0.2, 0) is 14.3 Å². The number of nitrogens with zero attached hydrogens (tertiary/aromatic N) is 1. The van der Waals surface area contributed by atoms with Crippen LogP contribution >= 0.6 is 11.8 Å². The summed E-state index contributed by atoms with van der Waals surface area (Å²) in [6.07, 6.45) is 1.58. The maximum absolute atomic E-state index is 12.3. The first kappa shape index (κ1) is 16.1. The molecule has 6 nitrogen and oxygen atoms in total. The summed E-state index contributed by atoms with van der Waals surface area (Å²) in [5, 5.41) is -0.496. The van der Waals surface area contributed by atoms with Crippen LogP contribution < -0.4 is 4.74 Å². The van der Waals surface area contributed by atoms with E-state index < -0.39 is 23.2 Å². The largest absolute Gasteiger partial charge is 0.496 e. The van der Waals surface area contributed by atoms with E-state index in [0.29, 0.717) is 11.3 Å². The van der Waals surface area contributed by atoms with Crippen LogP contribution in [0.4, 0.5) is 4.79 Å². The van der Waals surface area contributed by atoms with Crippen LogP contribution in [0.2, 0.25) is 0 Å². The molecule has 1 heterocycles. The van der Waals surface area contributed by atoms with Gasteiger partial charge < -0.3 is 9.47 Å². The number of imide groups is 1. The molecule has 1 fully saturated rings. The first-order valence-corrected chi connectivity index (χ1v) is 7.29. The van der Waals surface area contributed by atoms with Crippen molar-refractivity contribution in [3.63, 3.8) is 0 Å². The summed E-state index contributed by atoms with van der Waals surface area (Å²) in [6, 6.07) is 6.18. The molecule has 0 aliphatic carbocycles. The fourth-order valence-corrected chi connectivity index (χ4v) is 2.92. The van der Waals surface area contributed by atoms with Gasteiger partial charge in [-0.3, -0.25) is 14.5 Å². The predicted molar refractivity (Wildman–Crippen MR) is 82.3 cm³/mol. The van der Waals surface area contributed by atoms with Gasteiger partial charge in [0.15, 0.2) is 0 Å². The maximum Gasteiger partial charge on any atom is 0.328 e. The van der Waals surface area contributed by atoms with Crippen molar-refractivity contribution < 1.29 is 23.9 Å². The van der Waals surface area contributed by atoms with E-state index in [4.69, 9.17) is 4.74 Å². The van der Waals surface area contributed by atoms with Crippen molar-refractivity contribution in [2.24, 2.45) is 0 Å². The molecule has 1 saturated heterocycles. The lowest BCUT2D eigenvalue weighted by Crippen LogP contribution is -2.42. The number of methoxy groups -OCH3 is 2. The normalized spacial score (nSPS) is 17.8. The number of hydrogen-bond acceptors (Lipinski definition) is 6. The van der Waals surface area contributed by atoms with E-state index in [0.717, 1.165) is 16.7 Å². The third kappa shape index (κ3) is 2.99. The quantitative estimate of drug-likeness (QED) is 0.626. The van der Waals surface area contributed by atoms with Gasteiger partial charge in [-0.15, -0.1) is 0 Å². The van der Waals surface area contributed by atoms with E-state index in [9.17, 15) is 14.4 Å². The zero-order chi connectivity index (χ0) is 16.3. The van der Waals surface area contributed by atoms with E-state index in [2.05, 4.69) is 4.74 Å². The first-order valence-electron chi connectivity index (χ1n) is 6.47. The van der Waals surface area contributed by atoms with Crippen molar-refractivity contribution in [1.82, 2.24) is 4.90 Å². The number of benzene rings is 1. The van der Waals surface area contributed by atoms with Crippen LogP contribution in [0.5, 0.6) is 5.75 Å². The number of para-hydroxylation sites is 1. The molecule has 1 aromatic rings. The molecule has 0 radical (unpaired) electrons. The molecule has 7 heteroatoms. The molecule has 1 aromatic carbocycles. The fourth-order valence-electron chi connectivity index (χ4n) is 2.02. The minimum atomic E-state index is -0.957. The smallest absolute Gasteiger partial charge is 0.328 e. The summed E-state index contributed by atoms with van der Waals surface area (Å²) in [7, 11) is 2.74. The van der Waals surface area contributed by atoms with Gasteiger partial charge in [-0.2, -0.15) is 0 Å². The van der Waals surface area contributed by atoms with Crippen LogP contribution in [-0.4, -0.2) is 42.3 Å². The van der Waals surface area contributed by atoms with Crippen LogP contribution in [0.1, 0.15) is 12.5 Å². The average molecular weight is 321 g/mol. The van der Waals surface area contributed by atoms with Gasteiger partial charge in [0, 0.05) is 5.56 Å². The Morgan fingerprint density at radius 1 is 1.27 bits per heavy atom. The second kappa shape index (κ2) is 6.65. The third-order valence-corrected chi connectivity index (χ3v) is 4.06. The Hall–Kier alpha value is -2.28. The summed E-state index contributed by atoms with van der Waals surface area (Å²) >= 11 is 0.787. The van der Waals surface area contributed by atoms with Gasteiger partial charge in [0.05, 0.1) is 19.1 Å². The number of hydrogen-bond donors (Lipinski definition) is 0. The number of ether oxygens (including phenoxy) is 2. The van der Waals surface area contributed by atoms with Gasteiger partial charge in [-0.25, -0.2) is 4.79 Å². The molecule has 2 amide bonds. The van der Waals surface area contributed by atoms with Crippen LogP contribution in [0.25, 0.3) is 6.08 Å². The van der Waals surface area contributed by atoms with Crippen LogP contribution in [0.15, 0.2) is 29.2 Å². The number of rotatable bonds is 4. The molecule has 0 saturated carbocycles. The summed E-state index contributed by atoms with van der Waals surface area (Å²) in [5.41, 5.74) is 0.682. The molecular weight excluding hydrogens is 306 g/mol. The molecular formula is C15H15NO5S. The Morgan fingerprint density at radius 2 is 1.95 bits per heavy atom. The molecule has 1 aliphatic heterocycles. The number of esters is 1. The van der Waals surface area contributed by atoms with Crippen molar-refractivity contribution in [3.05, 3.63) is 34.7 Å². The summed E-state index contributed by atoms with van der Waals surface area (Å²) in [4.78, 5) is 37.0. The third-order valence-electron chi connectivity index (χ3n) is 3.18. The van der Waals surface area contributed by atoms with Crippen LogP contribution in [0, 0.1) is 0 Å². The Balaban J connectivity index is 2.32. The fraction of sp³-hybridized carbons (Fsp3) is 0.267. The minimum absolute atomic E-state index is 0.241. The van der Waals surface area contributed by atoms with Crippen molar-refractivity contribution >= 4 is 35.0 Å². The maximum atomic E-state index is 12.3. The van der Waals surface area contributed by atoms with Gasteiger partial charge in [-0.1, -0.05) is 18.2 Å². The lowest BCUT2D eigenvalue weighted by atomic mass is 10.2. The zero-order valence-electron chi connectivity index (χ0n) is 12.4. The Kier molecular flexibility index (Phi) is 4.87. The second-order valence-corrected chi connectivity index (χ2v) is 5.49. The second-order valence-electron chi connectivity index (χ2n) is 4.49. The highest BCUT2D eigenvalue weighted by atomic mass is 32.2. The monoisotopic (exact) mass is 321 g/mol. The number of thioether (sulfide) groups is 1. The van der Waals surface area contributed by atoms with E-state index in [1.54, 1.807) is 30.3 Å². The number of carbonyl (C=O) groups is 3. The average Bonchev–Trinajstić information content (AvgIpc) is 2.80. The summed E-state index contributed by atoms with van der Waals surface area (Å²) in [5.74, 6) is -0.560. The molecule has 0 N–H and O–H groups in total. The highest BCUT2D eigenvalue weighted by molar-refractivity contribution is 8.18. The Bertz CT molecular complexity index is 655. The summed E-state index contributed by atoms with van der Waals surface area (Å²) in [6.45, 7) is 1.45. The van der Waals surface area contributed by atoms with Crippen molar-refractivity contribution in [3.8, 4) is 5.75 Å². The number of carbonyl (C=O) groups excluding carboxylic acids is 3. The van der Waals surface area contributed by atoms with Gasteiger partial charge >= 0.3 is 5.97 Å². The SMILES string of the molecule is COC(=O)[C@@H](C)N1C(=O)S/C(=C/c2ccccc2OC)C1=O. The Morgan fingerprint density at radius 3 is 2.59 bits per heavy atom. The molecule has 2 rings (SSSR count). The molecule has 0 spiro atoms. The lowest BCUT2D eigenvalue weighted by molar-refractivity contribution is -0.148. The molecule has 0 bridgehead atoms. The van der Waals surface area contributed by atoms with Crippen molar-refractivity contribution in [2.45, 2.75) is 13.0 Å². The highest BCUT2D eigenvalue weighted by Gasteiger charge is 2.41. The van der Waals surface area contributed by atoms with Crippen LogP contribution in [0.3, 0.4) is 0 Å². The van der Waals surface area contributed by atoms with Crippen molar-refractivity contribution in [1.29, 1.82) is 0 Å². The molecule has 1 aliphatic rings. The molecule has 22 heavy (non-hydrogen) atoms. The molecule has 0 aromatic heterocycles. The first-order chi connectivity index (χ1) is 10.5. The zero-order valence-corrected chi connectivity index (χ0v) is 13.2. The van der Waals surface area contributed by atoms with Gasteiger partial charge in [0.25, 0.3) is 11.1 Å². The standard InChI is InChI=1S/C15H15NO5S/c1-9(14(18)21-3)16-13(17)12(22-15(16)19)8-10-6-4-5-7-11(10)20-2/h4-9H,1-3H3/b12-8+/t9-/m1/s1. The lowest BCUT2D eigenvalue weighted by Gasteiger charge is -2.18. The summed E-state index contributed by atoms with van der Waals surface area (Å²) < 4.78 is 9.79.